The first-order chi connectivity index (χ1) is 14.0. The van der Waals surface area contributed by atoms with E-state index in [1.165, 1.54) is 11.1 Å². The van der Waals surface area contributed by atoms with Gasteiger partial charge in [0.05, 0.1) is 6.04 Å². The molecule has 29 heavy (non-hydrogen) atoms. The summed E-state index contributed by atoms with van der Waals surface area (Å²) in [6.07, 6.45) is 3.92. The maximum Gasteiger partial charge on any atom is 0.254 e. The van der Waals surface area contributed by atoms with Crippen LogP contribution in [-0.4, -0.2) is 41.2 Å². The number of fused-ring (bicyclic) bond motifs is 1. The van der Waals surface area contributed by atoms with Gasteiger partial charge in [0.25, 0.3) is 5.91 Å². The van der Waals surface area contributed by atoms with Crippen LogP contribution in [0.3, 0.4) is 0 Å². The number of aryl methyl sites for hydroxylation is 1. The average molecular weight is 393 g/mol. The van der Waals surface area contributed by atoms with Gasteiger partial charge in [-0.15, -0.1) is 0 Å². The van der Waals surface area contributed by atoms with E-state index in [9.17, 15) is 9.59 Å². The maximum absolute atomic E-state index is 13.2. The first-order valence-electron chi connectivity index (χ1n) is 10.7. The summed E-state index contributed by atoms with van der Waals surface area (Å²) in [4.78, 5) is 30.1. The van der Waals surface area contributed by atoms with Crippen LogP contribution >= 0.6 is 0 Å². The van der Waals surface area contributed by atoms with Crippen LogP contribution in [-0.2, 0) is 11.2 Å². The maximum atomic E-state index is 13.2. The van der Waals surface area contributed by atoms with Gasteiger partial charge in [0.2, 0.25) is 5.91 Å². The van der Waals surface area contributed by atoms with Crippen molar-refractivity contribution in [3.8, 4) is 0 Å². The molecule has 1 aliphatic heterocycles. The van der Waals surface area contributed by atoms with E-state index in [1.54, 1.807) is 4.90 Å². The van der Waals surface area contributed by atoms with E-state index in [-0.39, 0.29) is 24.4 Å². The molecule has 0 bridgehead atoms. The summed E-state index contributed by atoms with van der Waals surface area (Å²) in [6, 6.07) is 16.0. The second-order valence-corrected chi connectivity index (χ2v) is 7.96. The number of carbonyl (C=O) groups excluding carboxylic acids is 2. The van der Waals surface area contributed by atoms with Crippen molar-refractivity contribution in [3.63, 3.8) is 0 Å². The van der Waals surface area contributed by atoms with Gasteiger partial charge >= 0.3 is 0 Å². The van der Waals surface area contributed by atoms with Crippen LogP contribution in [0, 0.1) is 6.92 Å². The van der Waals surface area contributed by atoms with E-state index in [4.69, 9.17) is 0 Å². The van der Waals surface area contributed by atoms with Crippen molar-refractivity contribution in [2.45, 2.75) is 52.5 Å². The van der Waals surface area contributed by atoms with Gasteiger partial charge in [-0.05, 0) is 49.4 Å². The van der Waals surface area contributed by atoms with Crippen molar-refractivity contribution < 1.29 is 9.59 Å². The number of amides is 2. The molecule has 4 heteroatoms. The standard InChI is InChI=1S/C25H32N2O2/c1-4-5-10-16-26(25(29)22-13-8-6-11-19(22)2)18-24(28)27-17-15-21-12-7-9-14-23(21)20(27)3/h6-9,11-14,20H,4-5,10,15-18H2,1-3H3. The van der Waals surface area contributed by atoms with E-state index in [1.807, 2.05) is 42.2 Å². The molecule has 0 fully saturated rings. The summed E-state index contributed by atoms with van der Waals surface area (Å²) in [6.45, 7) is 7.64. The zero-order valence-corrected chi connectivity index (χ0v) is 17.9. The molecule has 1 atom stereocenters. The summed E-state index contributed by atoms with van der Waals surface area (Å²) >= 11 is 0. The highest BCUT2D eigenvalue weighted by molar-refractivity contribution is 5.97. The fraction of sp³-hybridized carbons (Fsp3) is 0.440. The SMILES string of the molecule is CCCCCN(CC(=O)N1CCc2ccccc2C1C)C(=O)c1ccccc1C. The molecule has 0 aromatic heterocycles. The molecule has 1 unspecified atom stereocenters. The second-order valence-electron chi connectivity index (χ2n) is 7.96. The summed E-state index contributed by atoms with van der Waals surface area (Å²) < 4.78 is 0. The van der Waals surface area contributed by atoms with E-state index in [0.717, 1.165) is 31.2 Å². The molecule has 0 N–H and O–H groups in total. The lowest BCUT2D eigenvalue weighted by Crippen LogP contribution is -2.46. The number of hydrogen-bond acceptors (Lipinski definition) is 2. The number of carbonyl (C=O) groups is 2. The molecule has 3 rings (SSSR count). The predicted molar refractivity (Wildman–Crippen MR) is 117 cm³/mol. The lowest BCUT2D eigenvalue weighted by molar-refractivity contribution is -0.134. The summed E-state index contributed by atoms with van der Waals surface area (Å²) in [5.41, 5.74) is 4.18. The molecule has 4 nitrogen and oxygen atoms in total. The fourth-order valence-corrected chi connectivity index (χ4v) is 4.15. The zero-order valence-electron chi connectivity index (χ0n) is 17.9. The number of benzene rings is 2. The summed E-state index contributed by atoms with van der Waals surface area (Å²) in [7, 11) is 0. The molecular formula is C25H32N2O2. The molecule has 2 amide bonds. The van der Waals surface area contributed by atoms with Gasteiger partial charge in [0, 0.05) is 18.7 Å². The number of rotatable bonds is 7. The minimum absolute atomic E-state index is 0.0328. The van der Waals surface area contributed by atoms with Crippen LogP contribution in [0.25, 0.3) is 0 Å². The third-order valence-corrected chi connectivity index (χ3v) is 5.94. The molecule has 1 aliphatic rings. The minimum atomic E-state index is -0.0439. The lowest BCUT2D eigenvalue weighted by Gasteiger charge is -2.36. The molecule has 0 radical (unpaired) electrons. The Labute approximate surface area is 174 Å². The Hall–Kier alpha value is -2.62. The second kappa shape index (κ2) is 9.73. The highest BCUT2D eigenvalue weighted by Gasteiger charge is 2.29. The Balaban J connectivity index is 1.76. The van der Waals surface area contributed by atoms with Gasteiger partial charge in [-0.3, -0.25) is 9.59 Å². The quantitative estimate of drug-likeness (QED) is 0.637. The van der Waals surface area contributed by atoms with Crippen LogP contribution in [0.5, 0.6) is 0 Å². The van der Waals surface area contributed by atoms with E-state index < -0.39 is 0 Å². The Morgan fingerprint density at radius 2 is 1.79 bits per heavy atom. The summed E-state index contributed by atoms with van der Waals surface area (Å²) in [5, 5.41) is 0. The van der Waals surface area contributed by atoms with E-state index >= 15 is 0 Å². The van der Waals surface area contributed by atoms with Crippen LogP contribution in [0.15, 0.2) is 48.5 Å². The monoisotopic (exact) mass is 392 g/mol. The van der Waals surface area contributed by atoms with Crippen molar-refractivity contribution >= 4 is 11.8 Å². The minimum Gasteiger partial charge on any atom is -0.334 e. The van der Waals surface area contributed by atoms with Crippen molar-refractivity contribution in [1.29, 1.82) is 0 Å². The molecule has 1 heterocycles. The van der Waals surface area contributed by atoms with Gasteiger partial charge in [-0.1, -0.05) is 62.2 Å². The first kappa shape index (κ1) is 21.1. The van der Waals surface area contributed by atoms with Crippen LogP contribution < -0.4 is 0 Å². The normalized spacial score (nSPS) is 15.7. The lowest BCUT2D eigenvalue weighted by atomic mass is 9.93. The van der Waals surface area contributed by atoms with Crippen molar-refractivity contribution in [3.05, 3.63) is 70.8 Å². The molecule has 0 aliphatic carbocycles. The molecule has 2 aromatic rings. The predicted octanol–water partition coefficient (Wildman–Crippen LogP) is 4.77. The molecule has 0 spiro atoms. The van der Waals surface area contributed by atoms with Gasteiger partial charge < -0.3 is 9.80 Å². The Morgan fingerprint density at radius 3 is 2.55 bits per heavy atom. The first-order valence-corrected chi connectivity index (χ1v) is 10.7. The van der Waals surface area contributed by atoms with Gasteiger partial charge in [0.15, 0.2) is 0 Å². The van der Waals surface area contributed by atoms with Crippen LogP contribution in [0.4, 0.5) is 0 Å². The Kier molecular flexibility index (Phi) is 7.08. The molecule has 154 valence electrons. The molecular weight excluding hydrogens is 360 g/mol. The van der Waals surface area contributed by atoms with Gasteiger partial charge in [-0.2, -0.15) is 0 Å². The number of hydrogen-bond donors (Lipinski definition) is 0. The van der Waals surface area contributed by atoms with E-state index in [2.05, 4.69) is 32.0 Å². The zero-order chi connectivity index (χ0) is 20.8. The highest BCUT2D eigenvalue weighted by Crippen LogP contribution is 2.29. The fourth-order valence-electron chi connectivity index (χ4n) is 4.15. The van der Waals surface area contributed by atoms with Gasteiger partial charge in [0.1, 0.15) is 6.54 Å². The number of unbranched alkanes of at least 4 members (excludes halogenated alkanes) is 2. The van der Waals surface area contributed by atoms with Crippen molar-refractivity contribution in [2.24, 2.45) is 0 Å². The highest BCUT2D eigenvalue weighted by atomic mass is 16.2. The molecule has 0 saturated carbocycles. The molecule has 2 aromatic carbocycles. The smallest absolute Gasteiger partial charge is 0.254 e. The van der Waals surface area contributed by atoms with Crippen LogP contribution in [0.1, 0.15) is 66.2 Å². The third kappa shape index (κ3) is 4.87. The third-order valence-electron chi connectivity index (χ3n) is 5.94. The number of nitrogens with zero attached hydrogens (tertiary/aromatic N) is 2. The summed E-state index contributed by atoms with van der Waals surface area (Å²) in [5.74, 6) is -0.0111. The van der Waals surface area contributed by atoms with Crippen molar-refractivity contribution in [2.75, 3.05) is 19.6 Å². The molecule has 0 saturated heterocycles. The largest absolute Gasteiger partial charge is 0.334 e. The average Bonchev–Trinajstić information content (AvgIpc) is 2.73. The Bertz CT molecular complexity index is 861. The van der Waals surface area contributed by atoms with Crippen molar-refractivity contribution in [1.82, 2.24) is 9.80 Å². The van der Waals surface area contributed by atoms with Gasteiger partial charge in [-0.25, -0.2) is 0 Å². The Morgan fingerprint density at radius 1 is 1.07 bits per heavy atom. The topological polar surface area (TPSA) is 40.6 Å². The van der Waals surface area contributed by atoms with Crippen LogP contribution in [0.2, 0.25) is 0 Å². The van der Waals surface area contributed by atoms with E-state index in [0.29, 0.717) is 18.7 Å².